The van der Waals surface area contributed by atoms with E-state index in [4.69, 9.17) is 26.3 Å². The Hall–Kier alpha value is -1.40. The van der Waals surface area contributed by atoms with Crippen LogP contribution in [0.1, 0.15) is 5.56 Å². The summed E-state index contributed by atoms with van der Waals surface area (Å²) in [6.45, 7) is 1.08. The zero-order valence-electron chi connectivity index (χ0n) is 7.42. The number of hydrogen-bond donors (Lipinski definition) is 0. The van der Waals surface area contributed by atoms with Crippen molar-refractivity contribution in [2.75, 3.05) is 13.2 Å². The van der Waals surface area contributed by atoms with Crippen LogP contribution in [-0.2, 0) is 6.42 Å². The monoisotopic (exact) mass is 209 g/mol. The van der Waals surface area contributed by atoms with Gasteiger partial charge < -0.3 is 9.47 Å². The molecule has 1 aromatic carbocycles. The van der Waals surface area contributed by atoms with Crippen molar-refractivity contribution in [1.29, 1.82) is 5.26 Å². The van der Waals surface area contributed by atoms with E-state index in [9.17, 15) is 0 Å². The third-order valence-corrected chi connectivity index (χ3v) is 2.33. The van der Waals surface area contributed by atoms with E-state index in [2.05, 4.69) is 6.07 Å². The molecule has 72 valence electrons. The van der Waals surface area contributed by atoms with Crippen LogP contribution >= 0.6 is 11.6 Å². The van der Waals surface area contributed by atoms with E-state index in [0.717, 1.165) is 5.56 Å². The average molecular weight is 210 g/mol. The Morgan fingerprint density at radius 3 is 2.57 bits per heavy atom. The van der Waals surface area contributed by atoms with Gasteiger partial charge in [0.2, 0.25) is 0 Å². The molecule has 14 heavy (non-hydrogen) atoms. The Kier molecular flexibility index (Phi) is 2.47. The Morgan fingerprint density at radius 1 is 1.29 bits per heavy atom. The predicted molar refractivity (Wildman–Crippen MR) is 51.8 cm³/mol. The van der Waals surface area contributed by atoms with Gasteiger partial charge in [-0.15, -0.1) is 0 Å². The van der Waals surface area contributed by atoms with Crippen molar-refractivity contribution in [3.8, 4) is 17.6 Å². The summed E-state index contributed by atoms with van der Waals surface area (Å²) < 4.78 is 10.7. The van der Waals surface area contributed by atoms with Crippen LogP contribution in [0, 0.1) is 11.3 Å². The van der Waals surface area contributed by atoms with Crippen LogP contribution < -0.4 is 9.47 Å². The number of halogens is 1. The van der Waals surface area contributed by atoms with Crippen molar-refractivity contribution in [1.82, 2.24) is 0 Å². The molecule has 0 fully saturated rings. The van der Waals surface area contributed by atoms with E-state index in [-0.39, 0.29) is 6.42 Å². The van der Waals surface area contributed by atoms with Crippen molar-refractivity contribution >= 4 is 11.6 Å². The zero-order chi connectivity index (χ0) is 9.97. The minimum absolute atomic E-state index is 0.287. The molecule has 0 saturated heterocycles. The standard InChI is InChI=1S/C10H8ClNO2/c11-8-6-10-9(13-3-4-14-10)5-7(8)1-2-12/h5-6H,1,3-4H2. The molecule has 1 aliphatic rings. The van der Waals surface area contributed by atoms with Crippen LogP contribution in [-0.4, -0.2) is 13.2 Å². The molecule has 1 heterocycles. The second-order valence-electron chi connectivity index (χ2n) is 2.92. The zero-order valence-corrected chi connectivity index (χ0v) is 8.17. The molecule has 0 radical (unpaired) electrons. The lowest BCUT2D eigenvalue weighted by Crippen LogP contribution is -2.15. The fourth-order valence-electron chi connectivity index (χ4n) is 1.33. The average Bonchev–Trinajstić information content (AvgIpc) is 2.19. The van der Waals surface area contributed by atoms with Gasteiger partial charge in [-0.3, -0.25) is 0 Å². The fourth-order valence-corrected chi connectivity index (χ4v) is 1.55. The van der Waals surface area contributed by atoms with Gasteiger partial charge in [-0.2, -0.15) is 5.26 Å². The SMILES string of the molecule is N#CCc1cc2c(cc1Cl)OCCO2. The summed E-state index contributed by atoms with van der Waals surface area (Å²) in [6.07, 6.45) is 0.287. The van der Waals surface area contributed by atoms with Gasteiger partial charge in [-0.25, -0.2) is 0 Å². The quantitative estimate of drug-likeness (QED) is 0.712. The van der Waals surface area contributed by atoms with E-state index in [0.29, 0.717) is 29.7 Å². The van der Waals surface area contributed by atoms with Gasteiger partial charge >= 0.3 is 0 Å². The number of benzene rings is 1. The fraction of sp³-hybridized carbons (Fsp3) is 0.300. The van der Waals surface area contributed by atoms with Crippen molar-refractivity contribution in [2.24, 2.45) is 0 Å². The highest BCUT2D eigenvalue weighted by atomic mass is 35.5. The Labute approximate surface area is 86.8 Å². The van der Waals surface area contributed by atoms with Crippen LogP contribution in [0.4, 0.5) is 0 Å². The Balaban J connectivity index is 2.41. The molecule has 3 nitrogen and oxygen atoms in total. The number of nitrogens with zero attached hydrogens (tertiary/aromatic N) is 1. The minimum atomic E-state index is 0.287. The van der Waals surface area contributed by atoms with Gasteiger partial charge in [-0.1, -0.05) is 11.6 Å². The third kappa shape index (κ3) is 1.61. The van der Waals surface area contributed by atoms with E-state index in [1.54, 1.807) is 12.1 Å². The second-order valence-corrected chi connectivity index (χ2v) is 3.33. The molecule has 0 N–H and O–H groups in total. The molecule has 0 unspecified atom stereocenters. The lowest BCUT2D eigenvalue weighted by Gasteiger charge is -2.19. The largest absolute Gasteiger partial charge is 0.486 e. The molecule has 4 heteroatoms. The van der Waals surface area contributed by atoms with Gasteiger partial charge in [0, 0.05) is 11.1 Å². The lowest BCUT2D eigenvalue weighted by molar-refractivity contribution is 0.171. The summed E-state index contributed by atoms with van der Waals surface area (Å²) in [5.41, 5.74) is 0.776. The van der Waals surface area contributed by atoms with Crippen molar-refractivity contribution in [3.05, 3.63) is 22.7 Å². The summed E-state index contributed by atoms with van der Waals surface area (Å²) in [4.78, 5) is 0. The van der Waals surface area contributed by atoms with Crippen LogP contribution in [0.25, 0.3) is 0 Å². The molecule has 0 bridgehead atoms. The van der Waals surface area contributed by atoms with Gasteiger partial charge in [0.1, 0.15) is 13.2 Å². The highest BCUT2D eigenvalue weighted by molar-refractivity contribution is 6.31. The summed E-state index contributed by atoms with van der Waals surface area (Å²) in [6, 6.07) is 5.51. The van der Waals surface area contributed by atoms with Gasteiger partial charge in [0.05, 0.1) is 12.5 Å². The van der Waals surface area contributed by atoms with Crippen LogP contribution in [0.2, 0.25) is 5.02 Å². The maximum absolute atomic E-state index is 8.57. The highest BCUT2D eigenvalue weighted by Gasteiger charge is 2.14. The van der Waals surface area contributed by atoms with Gasteiger partial charge in [-0.05, 0) is 11.6 Å². The smallest absolute Gasteiger partial charge is 0.162 e. The Bertz CT molecular complexity index is 398. The highest BCUT2D eigenvalue weighted by Crippen LogP contribution is 2.35. The first kappa shape index (κ1) is 9.17. The summed E-state index contributed by atoms with van der Waals surface area (Å²) in [5, 5.41) is 9.12. The van der Waals surface area contributed by atoms with E-state index < -0.39 is 0 Å². The second kappa shape index (κ2) is 3.77. The maximum Gasteiger partial charge on any atom is 0.162 e. The number of ether oxygens (including phenoxy) is 2. The maximum atomic E-state index is 8.57. The molecular formula is C10H8ClNO2. The molecule has 0 saturated carbocycles. The third-order valence-electron chi connectivity index (χ3n) is 1.98. The predicted octanol–water partition coefficient (Wildman–Crippen LogP) is 2.18. The first-order chi connectivity index (χ1) is 6.81. The molecule has 0 spiro atoms. The van der Waals surface area contributed by atoms with Crippen molar-refractivity contribution < 1.29 is 9.47 Å². The molecule has 0 aliphatic carbocycles. The summed E-state index contributed by atoms with van der Waals surface area (Å²) in [7, 11) is 0. The van der Waals surface area contributed by atoms with E-state index in [1.165, 1.54) is 0 Å². The summed E-state index contributed by atoms with van der Waals surface area (Å²) >= 11 is 5.95. The number of hydrogen-bond acceptors (Lipinski definition) is 3. The van der Waals surface area contributed by atoms with Crippen LogP contribution in [0.15, 0.2) is 12.1 Å². The Morgan fingerprint density at radius 2 is 1.93 bits per heavy atom. The molecule has 1 aliphatic heterocycles. The number of rotatable bonds is 1. The van der Waals surface area contributed by atoms with Gasteiger partial charge in [0.25, 0.3) is 0 Å². The number of fused-ring (bicyclic) bond motifs is 1. The molecule has 0 amide bonds. The number of nitriles is 1. The van der Waals surface area contributed by atoms with E-state index >= 15 is 0 Å². The van der Waals surface area contributed by atoms with Crippen molar-refractivity contribution in [2.45, 2.75) is 6.42 Å². The van der Waals surface area contributed by atoms with Crippen LogP contribution in [0.5, 0.6) is 11.5 Å². The van der Waals surface area contributed by atoms with Crippen molar-refractivity contribution in [3.63, 3.8) is 0 Å². The lowest BCUT2D eigenvalue weighted by atomic mass is 10.1. The molecule has 0 aromatic heterocycles. The summed E-state index contributed by atoms with van der Waals surface area (Å²) in [5.74, 6) is 1.33. The van der Waals surface area contributed by atoms with E-state index in [1.807, 2.05) is 0 Å². The molecule has 1 aromatic rings. The van der Waals surface area contributed by atoms with Crippen LogP contribution in [0.3, 0.4) is 0 Å². The topological polar surface area (TPSA) is 42.2 Å². The minimum Gasteiger partial charge on any atom is -0.486 e. The molecule has 0 atom stereocenters. The first-order valence-electron chi connectivity index (χ1n) is 4.26. The van der Waals surface area contributed by atoms with Gasteiger partial charge in [0.15, 0.2) is 11.5 Å². The first-order valence-corrected chi connectivity index (χ1v) is 4.64. The normalized spacial score (nSPS) is 13.4. The molecule has 2 rings (SSSR count). The molecular weight excluding hydrogens is 202 g/mol.